The van der Waals surface area contributed by atoms with Crippen LogP contribution in [0.2, 0.25) is 0 Å². The van der Waals surface area contributed by atoms with Crippen LogP contribution >= 0.6 is 0 Å². The number of piperazine rings is 1. The van der Waals surface area contributed by atoms with Crippen molar-refractivity contribution in [2.75, 3.05) is 39.8 Å². The van der Waals surface area contributed by atoms with E-state index in [0.29, 0.717) is 11.1 Å². The number of carbonyl (C=O) groups is 2. The molecule has 0 aromatic heterocycles. The van der Waals surface area contributed by atoms with E-state index >= 15 is 0 Å². The molecule has 0 spiro atoms. The van der Waals surface area contributed by atoms with Crippen LogP contribution in [-0.4, -0.2) is 66.5 Å². The third-order valence-corrected chi connectivity index (χ3v) is 4.99. The van der Waals surface area contributed by atoms with Crippen molar-refractivity contribution in [3.05, 3.63) is 71.8 Å². The zero-order chi connectivity index (χ0) is 20.0. The number of carbonyl (C=O) groups excluding carboxylic acids is 2. The highest BCUT2D eigenvalue weighted by Crippen LogP contribution is 2.29. The fraction of sp³-hybridized carbons (Fsp3) is 0.333. The molecule has 2 amide bonds. The van der Waals surface area contributed by atoms with E-state index in [1.807, 2.05) is 24.1 Å². The monoisotopic (exact) mass is 382 g/mol. The van der Waals surface area contributed by atoms with E-state index in [-0.39, 0.29) is 12.5 Å². The zero-order valence-electron chi connectivity index (χ0n) is 16.0. The Morgan fingerprint density at radius 2 is 1.39 bits per heavy atom. The van der Waals surface area contributed by atoms with Gasteiger partial charge in [0.25, 0.3) is 11.8 Å². The lowest BCUT2D eigenvalue weighted by molar-refractivity contribution is -0.140. The molecule has 1 fully saturated rings. The summed E-state index contributed by atoms with van der Waals surface area (Å²) < 4.78 is 0. The van der Waals surface area contributed by atoms with Gasteiger partial charge in [-0.15, -0.1) is 0 Å². The fourth-order valence-electron chi connectivity index (χ4n) is 3.25. The SMILES string of the molecule is CN1CCN(CC(=O)NNC(=O)C(O)(c2ccccc2)c2ccccc2)CC1. The van der Waals surface area contributed by atoms with Crippen LogP contribution < -0.4 is 10.9 Å². The van der Waals surface area contributed by atoms with Crippen molar-refractivity contribution in [2.24, 2.45) is 0 Å². The molecule has 1 saturated heterocycles. The first kappa shape index (κ1) is 20.0. The van der Waals surface area contributed by atoms with Gasteiger partial charge in [0.15, 0.2) is 5.60 Å². The Hall–Kier alpha value is -2.74. The van der Waals surface area contributed by atoms with E-state index in [4.69, 9.17) is 0 Å². The first-order valence-electron chi connectivity index (χ1n) is 9.34. The summed E-state index contributed by atoms with van der Waals surface area (Å²) in [6.07, 6.45) is 0. The van der Waals surface area contributed by atoms with E-state index in [1.54, 1.807) is 48.5 Å². The Labute approximate surface area is 164 Å². The summed E-state index contributed by atoms with van der Waals surface area (Å²) >= 11 is 0. The van der Waals surface area contributed by atoms with Gasteiger partial charge in [-0.3, -0.25) is 25.3 Å². The molecule has 0 bridgehead atoms. The van der Waals surface area contributed by atoms with Crippen molar-refractivity contribution in [1.82, 2.24) is 20.7 Å². The van der Waals surface area contributed by atoms with Gasteiger partial charge in [0.05, 0.1) is 6.54 Å². The van der Waals surface area contributed by atoms with Crippen LogP contribution in [0.1, 0.15) is 11.1 Å². The molecule has 0 atom stereocenters. The van der Waals surface area contributed by atoms with Crippen LogP contribution in [0.5, 0.6) is 0 Å². The normalized spacial score (nSPS) is 15.8. The molecular weight excluding hydrogens is 356 g/mol. The Kier molecular flexibility index (Phi) is 6.41. The highest BCUT2D eigenvalue weighted by molar-refractivity contribution is 5.91. The first-order chi connectivity index (χ1) is 13.5. The quantitative estimate of drug-likeness (QED) is 0.649. The van der Waals surface area contributed by atoms with Crippen molar-refractivity contribution in [3.8, 4) is 0 Å². The average molecular weight is 382 g/mol. The number of hydrazine groups is 1. The molecule has 1 aliphatic heterocycles. The molecule has 3 N–H and O–H groups in total. The van der Waals surface area contributed by atoms with Gasteiger partial charge in [-0.25, -0.2) is 0 Å². The van der Waals surface area contributed by atoms with Gasteiger partial charge in [0, 0.05) is 26.2 Å². The Bertz CT molecular complexity index is 750. The number of aliphatic hydroxyl groups is 1. The standard InChI is InChI=1S/C21H26N4O3/c1-24-12-14-25(15-13-24)16-19(26)22-23-20(27)21(28,17-8-4-2-5-9-17)18-10-6-3-7-11-18/h2-11,28H,12-16H2,1H3,(H,22,26)(H,23,27). The second kappa shape index (κ2) is 8.97. The summed E-state index contributed by atoms with van der Waals surface area (Å²) in [5.41, 5.74) is 3.76. The second-order valence-electron chi connectivity index (χ2n) is 7.02. The van der Waals surface area contributed by atoms with Crippen molar-refractivity contribution in [2.45, 2.75) is 5.60 Å². The van der Waals surface area contributed by atoms with Crippen molar-refractivity contribution < 1.29 is 14.7 Å². The third-order valence-electron chi connectivity index (χ3n) is 4.99. The molecule has 7 heteroatoms. The van der Waals surface area contributed by atoms with E-state index in [1.165, 1.54) is 0 Å². The summed E-state index contributed by atoms with van der Waals surface area (Å²) in [4.78, 5) is 29.4. The number of amides is 2. The molecule has 2 aromatic carbocycles. The van der Waals surface area contributed by atoms with Crippen LogP contribution in [0.4, 0.5) is 0 Å². The van der Waals surface area contributed by atoms with E-state index in [2.05, 4.69) is 15.8 Å². The van der Waals surface area contributed by atoms with Gasteiger partial charge in [0.2, 0.25) is 0 Å². The lowest BCUT2D eigenvalue weighted by atomic mass is 9.85. The third kappa shape index (κ3) is 4.56. The maximum absolute atomic E-state index is 12.9. The van der Waals surface area contributed by atoms with Crippen molar-refractivity contribution in [1.29, 1.82) is 0 Å². The van der Waals surface area contributed by atoms with Crippen LogP contribution in [0, 0.1) is 0 Å². The minimum atomic E-state index is -1.91. The number of nitrogens with zero attached hydrogens (tertiary/aromatic N) is 2. The Balaban J connectivity index is 1.68. The summed E-state index contributed by atoms with van der Waals surface area (Å²) in [6, 6.07) is 17.3. The Morgan fingerprint density at radius 3 is 1.89 bits per heavy atom. The molecule has 7 nitrogen and oxygen atoms in total. The van der Waals surface area contributed by atoms with Crippen molar-refractivity contribution >= 4 is 11.8 Å². The minimum Gasteiger partial charge on any atom is -0.372 e. The molecule has 0 saturated carbocycles. The van der Waals surface area contributed by atoms with E-state index in [0.717, 1.165) is 26.2 Å². The number of rotatable bonds is 5. The van der Waals surface area contributed by atoms with Gasteiger partial charge in [-0.05, 0) is 18.2 Å². The lowest BCUT2D eigenvalue weighted by Gasteiger charge is -2.32. The molecule has 2 aromatic rings. The highest BCUT2D eigenvalue weighted by atomic mass is 16.3. The maximum atomic E-state index is 12.9. The number of hydrogen-bond donors (Lipinski definition) is 3. The van der Waals surface area contributed by atoms with Gasteiger partial charge in [-0.2, -0.15) is 0 Å². The summed E-state index contributed by atoms with van der Waals surface area (Å²) in [5.74, 6) is -1.03. The lowest BCUT2D eigenvalue weighted by Crippen LogP contribution is -2.55. The topological polar surface area (TPSA) is 84.9 Å². The molecule has 3 rings (SSSR count). The van der Waals surface area contributed by atoms with Crippen molar-refractivity contribution in [3.63, 3.8) is 0 Å². The highest BCUT2D eigenvalue weighted by Gasteiger charge is 2.40. The van der Waals surface area contributed by atoms with Gasteiger partial charge < -0.3 is 10.0 Å². The number of hydrogen-bond acceptors (Lipinski definition) is 5. The second-order valence-corrected chi connectivity index (χ2v) is 7.02. The Morgan fingerprint density at radius 1 is 0.893 bits per heavy atom. The zero-order valence-corrected chi connectivity index (χ0v) is 16.0. The molecule has 1 aliphatic rings. The molecular formula is C21H26N4O3. The largest absolute Gasteiger partial charge is 0.372 e. The van der Waals surface area contributed by atoms with Gasteiger partial charge >= 0.3 is 0 Å². The van der Waals surface area contributed by atoms with Gasteiger partial charge in [-0.1, -0.05) is 60.7 Å². The molecule has 0 unspecified atom stereocenters. The summed E-state index contributed by atoms with van der Waals surface area (Å²) in [5, 5.41) is 11.3. The van der Waals surface area contributed by atoms with Crippen LogP contribution in [0.25, 0.3) is 0 Å². The minimum absolute atomic E-state index is 0.198. The predicted octanol–water partition coefficient (Wildman–Crippen LogP) is 0.317. The summed E-state index contributed by atoms with van der Waals surface area (Å²) in [6.45, 7) is 3.61. The average Bonchev–Trinajstić information content (AvgIpc) is 2.74. The smallest absolute Gasteiger partial charge is 0.279 e. The first-order valence-corrected chi connectivity index (χ1v) is 9.34. The number of benzene rings is 2. The number of likely N-dealkylation sites (N-methyl/N-ethyl adjacent to an activating group) is 1. The number of nitrogens with one attached hydrogen (secondary N) is 2. The van der Waals surface area contributed by atoms with Crippen LogP contribution in [0.3, 0.4) is 0 Å². The predicted molar refractivity (Wildman–Crippen MR) is 106 cm³/mol. The molecule has 1 heterocycles. The van der Waals surface area contributed by atoms with Gasteiger partial charge in [0.1, 0.15) is 0 Å². The van der Waals surface area contributed by atoms with Crippen LogP contribution in [-0.2, 0) is 15.2 Å². The molecule has 28 heavy (non-hydrogen) atoms. The van der Waals surface area contributed by atoms with E-state index < -0.39 is 11.5 Å². The molecule has 0 aliphatic carbocycles. The molecule has 148 valence electrons. The summed E-state index contributed by atoms with van der Waals surface area (Å²) in [7, 11) is 2.05. The molecule has 0 radical (unpaired) electrons. The van der Waals surface area contributed by atoms with Crippen LogP contribution in [0.15, 0.2) is 60.7 Å². The van der Waals surface area contributed by atoms with E-state index in [9.17, 15) is 14.7 Å². The fourth-order valence-corrected chi connectivity index (χ4v) is 3.25. The maximum Gasteiger partial charge on any atom is 0.279 e.